The zero-order chi connectivity index (χ0) is 42.9. The van der Waals surface area contributed by atoms with Crippen LogP contribution in [0.25, 0.3) is 73.8 Å². The fourth-order valence-electron chi connectivity index (χ4n) is 7.74. The van der Waals surface area contributed by atoms with Crippen LogP contribution >= 0.6 is 46.1 Å². The van der Waals surface area contributed by atoms with Crippen molar-refractivity contribution in [2.45, 2.75) is 20.1 Å². The molecule has 3 amide bonds. The lowest BCUT2D eigenvalue weighted by Crippen LogP contribution is -2.50. The van der Waals surface area contributed by atoms with Gasteiger partial charge in [0.1, 0.15) is 52.6 Å². The van der Waals surface area contributed by atoms with Gasteiger partial charge in [0.25, 0.3) is 11.8 Å². The van der Waals surface area contributed by atoms with Gasteiger partial charge in [-0.05, 0) is 42.3 Å². The quantitative estimate of drug-likeness (QED) is 0.145. The Morgan fingerprint density at radius 3 is 2.03 bits per heavy atom. The monoisotopic (exact) mass is 900 g/mol. The summed E-state index contributed by atoms with van der Waals surface area (Å²) in [6.45, 7) is 1.33. The summed E-state index contributed by atoms with van der Waals surface area (Å²) in [5.41, 5.74) is 5.20. The minimum atomic E-state index is -1.24. The number of carbonyl (C=O) groups excluding carboxylic acids is 4. The molecule has 6 heterocycles. The molecule has 63 heavy (non-hydrogen) atoms. The van der Waals surface area contributed by atoms with Crippen LogP contribution in [-0.4, -0.2) is 56.7 Å². The van der Waals surface area contributed by atoms with Crippen LogP contribution in [0.2, 0.25) is 0 Å². The number of thiophene rings is 2. The maximum Gasteiger partial charge on any atom is 0.424 e. The van der Waals surface area contributed by atoms with Crippen LogP contribution in [0.15, 0.2) is 119 Å². The molecule has 14 nitrogen and oxygen atoms in total. The van der Waals surface area contributed by atoms with E-state index in [1.54, 1.807) is 63.6 Å². The summed E-state index contributed by atoms with van der Waals surface area (Å²) in [6, 6.07) is 33.8. The Morgan fingerprint density at radius 1 is 0.698 bits per heavy atom. The second kappa shape index (κ2) is 15.1. The number of amides is 3. The maximum absolute atomic E-state index is 14.1. The van der Waals surface area contributed by atoms with E-state index in [0.717, 1.165) is 64.5 Å². The number of carbonyl (C=O) groups is 4. The van der Waals surface area contributed by atoms with Gasteiger partial charge in [-0.15, -0.1) is 22.7 Å². The molecule has 0 spiro atoms. The van der Waals surface area contributed by atoms with E-state index in [9.17, 15) is 24.4 Å². The summed E-state index contributed by atoms with van der Waals surface area (Å²) < 4.78 is 34.5. The predicted molar refractivity (Wildman–Crippen MR) is 244 cm³/mol. The van der Waals surface area contributed by atoms with Crippen LogP contribution in [-0.2, 0) is 32.3 Å². The van der Waals surface area contributed by atoms with E-state index in [4.69, 9.17) is 18.2 Å². The molecule has 0 fully saturated rings. The molecule has 304 valence electrons. The van der Waals surface area contributed by atoms with Crippen molar-refractivity contribution in [3.63, 3.8) is 0 Å². The molecule has 10 aromatic rings. The highest BCUT2D eigenvalue weighted by Crippen LogP contribution is 2.48. The van der Waals surface area contributed by atoms with Gasteiger partial charge in [0.15, 0.2) is 0 Å². The van der Waals surface area contributed by atoms with Crippen molar-refractivity contribution in [2.75, 3.05) is 0 Å². The summed E-state index contributed by atoms with van der Waals surface area (Å²) in [5.74, 6) is -2.15. The van der Waals surface area contributed by atoms with Gasteiger partial charge in [-0.1, -0.05) is 78.9 Å². The zero-order valence-corrected chi connectivity index (χ0v) is 35.7. The van der Waals surface area contributed by atoms with E-state index < -0.39 is 29.6 Å². The van der Waals surface area contributed by atoms with Gasteiger partial charge in [0.2, 0.25) is 0 Å². The van der Waals surface area contributed by atoms with E-state index in [2.05, 4.69) is 13.7 Å². The smallest absolute Gasteiger partial charge is 0.424 e. The van der Waals surface area contributed by atoms with E-state index in [-0.39, 0.29) is 30.2 Å². The average molecular weight is 901 g/mol. The standard InChI is InChI=1S/C45H24N8O6S4/c1-22-29(19-46)42(54)53(45(57)59-21-24-12-6-3-7-13-24)43(55)34(22)47-30-17-27-26(36-38(30)51-63-49-36)16-28(37-35(27)48-62-50-37)33-18-31-40(61-33)41-39(25-14-8-9-15-32(25)60-41)52(31)44(56)58-20-23-10-4-2-5-11-23/h2-18H,20-21H2,1H3/b47-34-. The minimum Gasteiger partial charge on any atom is -0.444 e. The van der Waals surface area contributed by atoms with Crippen molar-refractivity contribution < 1.29 is 28.7 Å². The highest BCUT2D eigenvalue weighted by Gasteiger charge is 2.42. The Kier molecular flexibility index (Phi) is 9.20. The van der Waals surface area contributed by atoms with Crippen molar-refractivity contribution in [1.29, 1.82) is 5.26 Å². The molecule has 0 bridgehead atoms. The number of hydrogen-bond donors (Lipinski definition) is 0. The van der Waals surface area contributed by atoms with Gasteiger partial charge in [-0.2, -0.15) is 27.7 Å². The van der Waals surface area contributed by atoms with E-state index >= 15 is 0 Å². The van der Waals surface area contributed by atoms with Crippen molar-refractivity contribution >= 4 is 145 Å². The highest BCUT2D eigenvalue weighted by molar-refractivity contribution is 7.32. The number of ether oxygens (including phenoxy) is 2. The van der Waals surface area contributed by atoms with Gasteiger partial charge >= 0.3 is 12.2 Å². The molecule has 0 saturated heterocycles. The van der Waals surface area contributed by atoms with Crippen molar-refractivity contribution in [3.8, 4) is 16.5 Å². The molecule has 1 aliphatic heterocycles. The molecule has 0 aliphatic carbocycles. The SMILES string of the molecule is CC1=C(C#N)C(=O)N(C(=O)OCc2ccccc2)C(=O)/C1=N\c1cc2c(cc(-c3cc4c(s3)c3sc5ccccc5c3n4C(=O)OCc3ccccc3)c3nsnc32)c2nsnc12. The number of benzene rings is 5. The van der Waals surface area contributed by atoms with Crippen LogP contribution in [0.4, 0.5) is 15.3 Å². The number of nitrogens with zero attached hydrogens (tertiary/aromatic N) is 8. The predicted octanol–water partition coefficient (Wildman–Crippen LogP) is 10.7. The second-order valence-corrected chi connectivity index (χ2v) is 17.5. The largest absolute Gasteiger partial charge is 0.444 e. The van der Waals surface area contributed by atoms with Gasteiger partial charge in [-0.3, -0.25) is 9.59 Å². The van der Waals surface area contributed by atoms with Crippen LogP contribution in [0.3, 0.4) is 0 Å². The normalized spacial score (nSPS) is 14.0. The van der Waals surface area contributed by atoms with Gasteiger partial charge in [0.05, 0.1) is 49.6 Å². The molecule has 1 aliphatic rings. The number of nitriles is 1. The fourth-order valence-corrected chi connectivity index (χ4v) is 11.4. The van der Waals surface area contributed by atoms with Gasteiger partial charge in [-0.25, -0.2) is 19.1 Å². The third-order valence-corrected chi connectivity index (χ3v) is 14.3. The Labute approximate surface area is 370 Å². The lowest BCUT2D eigenvalue weighted by atomic mass is 9.98. The van der Waals surface area contributed by atoms with E-state index in [1.165, 1.54) is 6.92 Å². The molecule has 5 aromatic heterocycles. The van der Waals surface area contributed by atoms with Crippen LogP contribution < -0.4 is 0 Å². The molecule has 0 N–H and O–H groups in total. The molecule has 0 atom stereocenters. The van der Waals surface area contributed by atoms with Gasteiger partial charge < -0.3 is 9.47 Å². The highest BCUT2D eigenvalue weighted by atomic mass is 32.1. The first-order valence-corrected chi connectivity index (χ1v) is 22.2. The molecule has 0 radical (unpaired) electrons. The fraction of sp³-hybridized carbons (Fsp3) is 0.0667. The minimum absolute atomic E-state index is 0.00241. The zero-order valence-electron chi connectivity index (χ0n) is 32.4. The van der Waals surface area contributed by atoms with Crippen LogP contribution in [0.1, 0.15) is 18.1 Å². The number of aromatic nitrogens is 5. The topological polar surface area (TPSA) is 183 Å². The van der Waals surface area contributed by atoms with Crippen LogP contribution in [0.5, 0.6) is 0 Å². The Morgan fingerprint density at radius 2 is 1.32 bits per heavy atom. The lowest BCUT2D eigenvalue weighted by molar-refractivity contribution is -0.136. The number of hydrogen-bond acceptors (Lipinski definition) is 16. The lowest BCUT2D eigenvalue weighted by Gasteiger charge is -2.24. The Balaban J connectivity index is 1.03. The molecular weight excluding hydrogens is 877 g/mol. The number of imide groups is 3. The summed E-state index contributed by atoms with van der Waals surface area (Å²) >= 11 is 5.13. The molecule has 5 aromatic carbocycles. The number of fused-ring (bicyclic) bond motifs is 10. The first kappa shape index (κ1) is 38.4. The molecule has 0 unspecified atom stereocenters. The molecule has 18 heteroatoms. The van der Waals surface area contributed by atoms with Gasteiger partial charge in [0, 0.05) is 36.9 Å². The van der Waals surface area contributed by atoms with Crippen molar-refractivity contribution in [2.24, 2.45) is 4.99 Å². The first-order chi connectivity index (χ1) is 30.8. The summed E-state index contributed by atoms with van der Waals surface area (Å²) in [6.07, 6.45) is -1.73. The first-order valence-electron chi connectivity index (χ1n) is 19.1. The molecule has 0 saturated carbocycles. The number of rotatable bonds is 6. The Bertz CT molecular complexity index is 3710. The van der Waals surface area contributed by atoms with E-state index in [0.29, 0.717) is 48.8 Å². The van der Waals surface area contributed by atoms with Crippen molar-refractivity contribution in [3.05, 3.63) is 125 Å². The third-order valence-electron chi connectivity index (χ3n) is 10.7. The van der Waals surface area contributed by atoms with E-state index in [1.807, 2.05) is 72.8 Å². The molecule has 11 rings (SSSR count). The summed E-state index contributed by atoms with van der Waals surface area (Å²) in [4.78, 5) is 60.5. The second-order valence-electron chi connectivity index (χ2n) is 14.4. The Hall–Kier alpha value is -7.56. The molecular formula is C45H24N8O6S4. The van der Waals surface area contributed by atoms with Crippen LogP contribution in [0, 0.1) is 11.3 Å². The average Bonchev–Trinajstić information content (AvgIpc) is 4.15. The van der Waals surface area contributed by atoms with Crippen molar-refractivity contribution in [1.82, 2.24) is 27.0 Å². The number of aliphatic imine (C=N–C) groups is 1. The summed E-state index contributed by atoms with van der Waals surface area (Å²) in [7, 11) is 0. The third kappa shape index (κ3) is 6.20. The summed E-state index contributed by atoms with van der Waals surface area (Å²) in [5, 5.41) is 12.3. The maximum atomic E-state index is 14.1.